The highest BCUT2D eigenvalue weighted by molar-refractivity contribution is 6.02. The van der Waals surface area contributed by atoms with E-state index < -0.39 is 28.9 Å². The molecular weight excluding hydrogens is 532 g/mol. The van der Waals surface area contributed by atoms with E-state index in [9.17, 15) is 14.0 Å². The molecule has 12 heteroatoms. The highest BCUT2D eigenvalue weighted by atomic mass is 19.1. The monoisotopic (exact) mass is 557 g/mol. The normalized spacial score (nSPS) is 11.4. The number of benzene rings is 2. The molecule has 41 heavy (non-hydrogen) atoms. The lowest BCUT2D eigenvalue weighted by Crippen LogP contribution is -2.24. The van der Waals surface area contributed by atoms with Gasteiger partial charge in [-0.25, -0.2) is 18.7 Å². The summed E-state index contributed by atoms with van der Waals surface area (Å²) in [6.45, 7) is 8.96. The lowest BCUT2D eigenvalue weighted by molar-refractivity contribution is -0.111. The van der Waals surface area contributed by atoms with Crippen LogP contribution in [0.15, 0.2) is 65.8 Å². The van der Waals surface area contributed by atoms with E-state index in [1.54, 1.807) is 24.3 Å². The van der Waals surface area contributed by atoms with Gasteiger partial charge in [0.1, 0.15) is 17.5 Å². The number of pyridine rings is 1. The molecule has 10 nitrogen and oxygen atoms in total. The van der Waals surface area contributed by atoms with Crippen LogP contribution in [-0.2, 0) is 16.8 Å². The van der Waals surface area contributed by atoms with E-state index in [0.717, 1.165) is 6.08 Å². The molecule has 208 valence electrons. The van der Waals surface area contributed by atoms with E-state index in [0.29, 0.717) is 33.7 Å². The van der Waals surface area contributed by atoms with E-state index >= 15 is 4.39 Å². The molecule has 0 unspecified atom stereocenters. The zero-order chi connectivity index (χ0) is 29.3. The van der Waals surface area contributed by atoms with E-state index in [-0.39, 0.29) is 29.5 Å². The summed E-state index contributed by atoms with van der Waals surface area (Å²) in [6.07, 6.45) is 2.56. The molecule has 0 saturated heterocycles. The molecule has 0 aliphatic carbocycles. The third-order valence-electron chi connectivity index (χ3n) is 6.19. The number of halogens is 2. The molecule has 5 aromatic rings. The van der Waals surface area contributed by atoms with Gasteiger partial charge in [-0.15, -0.1) is 0 Å². The molecule has 3 N–H and O–H groups in total. The topological polar surface area (TPSA) is 139 Å². The van der Waals surface area contributed by atoms with Crippen molar-refractivity contribution in [3.05, 3.63) is 90.2 Å². The zero-order valence-corrected chi connectivity index (χ0v) is 22.4. The second-order valence-corrected chi connectivity index (χ2v) is 10.2. The SMILES string of the molecule is C=CC(=O)Nc1c(F)cccc1-c1nc2nccc(-c3ccc(CNC(=O)c4nc(C(C)(C)C)no4)c(F)c3)c2[nH]1. The number of nitrogens with one attached hydrogen (secondary N) is 3. The summed E-state index contributed by atoms with van der Waals surface area (Å²) in [5, 5.41) is 8.88. The van der Waals surface area contributed by atoms with Gasteiger partial charge >= 0.3 is 11.8 Å². The van der Waals surface area contributed by atoms with Crippen LogP contribution in [0, 0.1) is 11.6 Å². The number of hydrogen-bond donors (Lipinski definition) is 3. The van der Waals surface area contributed by atoms with Gasteiger partial charge in [-0.2, -0.15) is 4.98 Å². The maximum Gasteiger partial charge on any atom is 0.315 e. The summed E-state index contributed by atoms with van der Waals surface area (Å²) < 4.78 is 34.8. The Kier molecular flexibility index (Phi) is 7.14. The number of para-hydroxylation sites is 1. The van der Waals surface area contributed by atoms with Crippen molar-refractivity contribution < 1.29 is 22.9 Å². The van der Waals surface area contributed by atoms with E-state index in [1.807, 2.05) is 20.8 Å². The van der Waals surface area contributed by atoms with Gasteiger partial charge in [0, 0.05) is 34.8 Å². The highest BCUT2D eigenvalue weighted by Gasteiger charge is 2.24. The Hall–Kier alpha value is -5.26. The van der Waals surface area contributed by atoms with Crippen LogP contribution in [0.3, 0.4) is 0 Å². The van der Waals surface area contributed by atoms with Gasteiger partial charge in [-0.1, -0.05) is 50.7 Å². The van der Waals surface area contributed by atoms with Crippen LogP contribution in [0.25, 0.3) is 33.7 Å². The molecule has 3 aromatic heterocycles. The summed E-state index contributed by atoms with van der Waals surface area (Å²) in [5.41, 5.74) is 2.01. The van der Waals surface area contributed by atoms with Gasteiger partial charge in [0.05, 0.1) is 11.2 Å². The Morgan fingerprint density at radius 2 is 1.88 bits per heavy atom. The number of aromatic nitrogens is 5. The minimum Gasteiger partial charge on any atom is -0.344 e. The van der Waals surface area contributed by atoms with E-state index in [4.69, 9.17) is 4.52 Å². The number of amides is 2. The summed E-state index contributed by atoms with van der Waals surface area (Å²) in [4.78, 5) is 40.3. The molecule has 0 atom stereocenters. The van der Waals surface area contributed by atoms with Crippen molar-refractivity contribution in [2.45, 2.75) is 32.7 Å². The summed E-state index contributed by atoms with van der Waals surface area (Å²) in [7, 11) is 0. The van der Waals surface area contributed by atoms with Gasteiger partial charge in [-0.05, 0) is 35.9 Å². The van der Waals surface area contributed by atoms with Crippen molar-refractivity contribution in [3.8, 4) is 22.5 Å². The van der Waals surface area contributed by atoms with Crippen molar-refractivity contribution in [1.82, 2.24) is 30.4 Å². The summed E-state index contributed by atoms with van der Waals surface area (Å²) in [5.74, 6) is -1.94. The molecule has 0 saturated carbocycles. The first-order valence-corrected chi connectivity index (χ1v) is 12.5. The third-order valence-corrected chi connectivity index (χ3v) is 6.19. The van der Waals surface area contributed by atoms with Crippen LogP contribution in [0.2, 0.25) is 0 Å². The van der Waals surface area contributed by atoms with Crippen LogP contribution >= 0.6 is 0 Å². The average Bonchev–Trinajstić information content (AvgIpc) is 3.61. The first-order valence-electron chi connectivity index (χ1n) is 12.5. The van der Waals surface area contributed by atoms with E-state index in [1.165, 1.54) is 24.4 Å². The minimum atomic E-state index is -0.648. The van der Waals surface area contributed by atoms with Crippen molar-refractivity contribution in [2.24, 2.45) is 0 Å². The number of nitrogens with zero attached hydrogens (tertiary/aromatic N) is 4. The highest BCUT2D eigenvalue weighted by Crippen LogP contribution is 2.33. The number of fused-ring (bicyclic) bond motifs is 1. The standard InChI is InChI=1S/C29H25F2N7O3/c1-5-21(39)34-22-18(7-6-8-19(22)30)24-35-23-17(11-12-32-25(23)36-24)15-9-10-16(20(31)13-15)14-33-26(40)27-37-28(38-41-27)29(2,3)4/h5-13H,1,14H2,2-4H3,(H,33,40)(H,34,39)(H,32,35,36). The molecular formula is C29H25F2N7O3. The molecule has 2 amide bonds. The van der Waals surface area contributed by atoms with Gasteiger partial charge in [-0.3, -0.25) is 9.59 Å². The number of rotatable bonds is 7. The lowest BCUT2D eigenvalue weighted by Gasteiger charge is -2.10. The smallest absolute Gasteiger partial charge is 0.315 e. The number of carbonyl (C=O) groups excluding carboxylic acids is 2. The molecule has 5 rings (SSSR count). The number of hydrogen-bond acceptors (Lipinski definition) is 7. The van der Waals surface area contributed by atoms with Crippen LogP contribution in [0.5, 0.6) is 0 Å². The Morgan fingerprint density at radius 1 is 1.07 bits per heavy atom. The molecule has 0 spiro atoms. The quantitative estimate of drug-likeness (QED) is 0.231. The lowest BCUT2D eigenvalue weighted by atomic mass is 9.96. The van der Waals surface area contributed by atoms with Crippen LogP contribution in [-0.4, -0.2) is 36.9 Å². The summed E-state index contributed by atoms with van der Waals surface area (Å²) in [6, 6.07) is 10.6. The van der Waals surface area contributed by atoms with Crippen molar-refractivity contribution in [3.63, 3.8) is 0 Å². The van der Waals surface area contributed by atoms with Crippen LogP contribution in [0.1, 0.15) is 42.8 Å². The Morgan fingerprint density at radius 3 is 2.59 bits per heavy atom. The van der Waals surface area contributed by atoms with Crippen molar-refractivity contribution in [2.75, 3.05) is 5.32 Å². The Balaban J connectivity index is 1.40. The van der Waals surface area contributed by atoms with Gasteiger partial charge in [0.2, 0.25) is 5.91 Å². The largest absolute Gasteiger partial charge is 0.344 e. The van der Waals surface area contributed by atoms with Crippen molar-refractivity contribution in [1.29, 1.82) is 0 Å². The molecule has 0 aliphatic heterocycles. The van der Waals surface area contributed by atoms with Gasteiger partial charge in [0.25, 0.3) is 0 Å². The zero-order valence-electron chi connectivity index (χ0n) is 22.4. The fraction of sp³-hybridized carbons (Fsp3) is 0.172. The number of anilines is 1. The second kappa shape index (κ2) is 10.7. The van der Waals surface area contributed by atoms with E-state index in [2.05, 4.69) is 42.3 Å². The predicted octanol–water partition coefficient (Wildman–Crippen LogP) is 5.31. The van der Waals surface area contributed by atoms with Crippen LogP contribution in [0.4, 0.5) is 14.5 Å². The first kappa shape index (κ1) is 27.3. The number of carbonyl (C=O) groups is 2. The maximum atomic E-state index is 15.1. The van der Waals surface area contributed by atoms with Gasteiger partial charge in [0.15, 0.2) is 11.5 Å². The second-order valence-electron chi connectivity index (χ2n) is 10.2. The van der Waals surface area contributed by atoms with Crippen LogP contribution < -0.4 is 10.6 Å². The number of H-pyrrole nitrogens is 1. The molecule has 0 aliphatic rings. The Bertz CT molecular complexity index is 1800. The molecule has 2 aromatic carbocycles. The predicted molar refractivity (Wildman–Crippen MR) is 148 cm³/mol. The maximum absolute atomic E-state index is 15.1. The molecule has 0 fully saturated rings. The average molecular weight is 558 g/mol. The molecule has 0 radical (unpaired) electrons. The summed E-state index contributed by atoms with van der Waals surface area (Å²) >= 11 is 0. The Labute approximate surface area is 232 Å². The van der Waals surface area contributed by atoms with Gasteiger partial charge < -0.3 is 20.1 Å². The minimum absolute atomic E-state index is 0.0642. The third kappa shape index (κ3) is 5.57. The fourth-order valence-corrected chi connectivity index (χ4v) is 4.03. The number of imidazole rings is 1. The molecule has 0 bridgehead atoms. The number of aromatic amines is 1. The molecule has 3 heterocycles. The van der Waals surface area contributed by atoms with Crippen molar-refractivity contribution >= 4 is 28.7 Å². The fourth-order valence-electron chi connectivity index (χ4n) is 4.03. The first-order chi connectivity index (χ1) is 19.5.